The molecule has 1 aromatic rings. The summed E-state index contributed by atoms with van der Waals surface area (Å²) in [6.07, 6.45) is 1.30. The van der Waals surface area contributed by atoms with Crippen molar-refractivity contribution in [2.75, 3.05) is 18.0 Å². The van der Waals surface area contributed by atoms with Crippen molar-refractivity contribution in [3.05, 3.63) is 22.8 Å². The number of aromatic nitrogens is 1. The van der Waals surface area contributed by atoms with Gasteiger partial charge >= 0.3 is 5.97 Å². The first-order chi connectivity index (χ1) is 7.08. The van der Waals surface area contributed by atoms with Crippen LogP contribution >= 0.6 is 36.4 Å². The Hall–Kier alpha value is -0.750. The fraction of sp³-hybridized carbons (Fsp3) is 0.333. The molecule has 0 saturated carbocycles. The first-order valence-electron chi connectivity index (χ1n) is 4.47. The van der Waals surface area contributed by atoms with Crippen molar-refractivity contribution in [1.82, 2.24) is 4.98 Å². The van der Waals surface area contributed by atoms with Crippen molar-refractivity contribution in [3.8, 4) is 0 Å². The van der Waals surface area contributed by atoms with Crippen LogP contribution in [0.2, 0.25) is 5.02 Å². The molecule has 1 aliphatic heterocycles. The first kappa shape index (κ1) is 16.2. The Kier molecular flexibility index (Phi) is 5.98. The van der Waals surface area contributed by atoms with Crippen LogP contribution in [-0.2, 0) is 0 Å². The van der Waals surface area contributed by atoms with Gasteiger partial charge in [-0.2, -0.15) is 0 Å². The van der Waals surface area contributed by atoms with Gasteiger partial charge in [-0.3, -0.25) is 0 Å². The molecule has 5 nitrogen and oxygen atoms in total. The van der Waals surface area contributed by atoms with Gasteiger partial charge in [0.2, 0.25) is 0 Å². The zero-order chi connectivity index (χ0) is 11.0. The van der Waals surface area contributed by atoms with Crippen LogP contribution in [0.15, 0.2) is 12.3 Å². The molecule has 96 valence electrons. The normalized spacial score (nSPS) is 14.4. The van der Waals surface area contributed by atoms with E-state index in [1.54, 1.807) is 0 Å². The molecule has 0 radical (unpaired) electrons. The Balaban J connectivity index is 0.00000128. The number of carboxylic acid groups (broad SMARTS) is 1. The molecule has 1 saturated heterocycles. The number of rotatable bonds is 2. The summed E-state index contributed by atoms with van der Waals surface area (Å²) in [5.41, 5.74) is 5.72. The first-order valence-corrected chi connectivity index (χ1v) is 4.85. The van der Waals surface area contributed by atoms with E-state index in [2.05, 4.69) is 4.98 Å². The summed E-state index contributed by atoms with van der Waals surface area (Å²) in [7, 11) is 0. The van der Waals surface area contributed by atoms with E-state index in [9.17, 15) is 4.79 Å². The van der Waals surface area contributed by atoms with Crippen molar-refractivity contribution < 1.29 is 9.90 Å². The van der Waals surface area contributed by atoms with Gasteiger partial charge < -0.3 is 15.7 Å². The van der Waals surface area contributed by atoms with Gasteiger partial charge in [0.1, 0.15) is 5.82 Å². The van der Waals surface area contributed by atoms with Gasteiger partial charge in [-0.05, 0) is 6.07 Å². The maximum Gasteiger partial charge on any atom is 0.337 e. The Bertz CT molecular complexity index is 410. The number of anilines is 1. The zero-order valence-corrected chi connectivity index (χ0v) is 11.1. The molecular formula is C9H12Cl3N3O2. The second kappa shape index (κ2) is 6.26. The van der Waals surface area contributed by atoms with E-state index in [1.807, 2.05) is 4.90 Å². The standard InChI is InChI=1S/C9H10ClN3O2.2ClH/c10-7-1-5(9(14)15)2-12-8(7)13-3-6(11)4-13;;/h1-2,6H,3-4,11H2,(H,14,15);2*1H. The molecule has 17 heavy (non-hydrogen) atoms. The number of hydrogen-bond donors (Lipinski definition) is 2. The lowest BCUT2D eigenvalue weighted by molar-refractivity contribution is 0.0696. The maximum absolute atomic E-state index is 10.6. The Morgan fingerprint density at radius 2 is 2.12 bits per heavy atom. The van der Waals surface area contributed by atoms with E-state index < -0.39 is 5.97 Å². The SMILES string of the molecule is Cl.Cl.NC1CN(c2ncc(C(=O)O)cc2Cl)C1. The molecule has 2 heterocycles. The predicted molar refractivity (Wildman–Crippen MR) is 70.9 cm³/mol. The van der Waals surface area contributed by atoms with Crippen LogP contribution in [-0.4, -0.2) is 35.2 Å². The Morgan fingerprint density at radius 1 is 1.53 bits per heavy atom. The predicted octanol–water partition coefficient (Wildman–Crippen LogP) is 1.42. The number of hydrogen-bond acceptors (Lipinski definition) is 4. The summed E-state index contributed by atoms with van der Waals surface area (Å²) < 4.78 is 0. The van der Waals surface area contributed by atoms with Crippen molar-refractivity contribution in [1.29, 1.82) is 0 Å². The fourth-order valence-electron chi connectivity index (χ4n) is 1.47. The van der Waals surface area contributed by atoms with Crippen LogP contribution in [0.1, 0.15) is 10.4 Å². The number of carboxylic acids is 1. The van der Waals surface area contributed by atoms with E-state index in [1.165, 1.54) is 12.3 Å². The molecule has 8 heteroatoms. The van der Waals surface area contributed by atoms with E-state index in [0.29, 0.717) is 23.9 Å². The summed E-state index contributed by atoms with van der Waals surface area (Å²) in [5, 5.41) is 9.07. The van der Waals surface area contributed by atoms with Crippen LogP contribution < -0.4 is 10.6 Å². The summed E-state index contributed by atoms with van der Waals surface area (Å²) in [6, 6.07) is 1.55. The molecule has 1 aliphatic rings. The number of nitrogens with two attached hydrogens (primary N) is 1. The van der Waals surface area contributed by atoms with Crippen molar-refractivity contribution in [2.45, 2.75) is 6.04 Å². The Morgan fingerprint density at radius 3 is 2.53 bits per heavy atom. The summed E-state index contributed by atoms with van der Waals surface area (Å²) in [5.74, 6) is -0.431. The molecule has 0 aliphatic carbocycles. The smallest absolute Gasteiger partial charge is 0.337 e. The third-order valence-corrected chi connectivity index (χ3v) is 2.56. The number of halogens is 3. The molecule has 0 aromatic carbocycles. The molecule has 3 N–H and O–H groups in total. The second-order valence-electron chi connectivity index (χ2n) is 3.50. The molecule has 1 fully saturated rings. The summed E-state index contributed by atoms with van der Waals surface area (Å²) in [6.45, 7) is 1.41. The number of carbonyl (C=O) groups is 1. The molecule has 0 atom stereocenters. The lowest BCUT2D eigenvalue weighted by Crippen LogP contribution is -2.56. The minimum absolute atomic E-state index is 0. The van der Waals surface area contributed by atoms with Gasteiger partial charge in [0.25, 0.3) is 0 Å². The monoisotopic (exact) mass is 299 g/mol. The molecule has 0 spiro atoms. The maximum atomic E-state index is 10.6. The number of pyridine rings is 1. The molecule has 0 bridgehead atoms. The summed E-state index contributed by atoms with van der Waals surface area (Å²) >= 11 is 5.92. The largest absolute Gasteiger partial charge is 0.478 e. The number of aromatic carboxylic acids is 1. The quantitative estimate of drug-likeness (QED) is 0.863. The average molecular weight is 301 g/mol. The highest BCUT2D eigenvalue weighted by atomic mass is 35.5. The van der Waals surface area contributed by atoms with Gasteiger partial charge in [-0.15, -0.1) is 24.8 Å². The highest BCUT2D eigenvalue weighted by molar-refractivity contribution is 6.33. The van der Waals surface area contributed by atoms with E-state index in [-0.39, 0.29) is 36.4 Å². The third-order valence-electron chi connectivity index (χ3n) is 2.28. The van der Waals surface area contributed by atoms with Gasteiger partial charge in [0.15, 0.2) is 0 Å². The Labute approximate surface area is 116 Å². The van der Waals surface area contributed by atoms with Crippen LogP contribution in [0.25, 0.3) is 0 Å². The molecule has 2 rings (SSSR count). The summed E-state index contributed by atoms with van der Waals surface area (Å²) in [4.78, 5) is 16.6. The van der Waals surface area contributed by atoms with E-state index in [0.717, 1.165) is 0 Å². The van der Waals surface area contributed by atoms with Crippen LogP contribution in [0.4, 0.5) is 5.82 Å². The van der Waals surface area contributed by atoms with Gasteiger partial charge in [-0.1, -0.05) is 11.6 Å². The molecular weight excluding hydrogens is 288 g/mol. The molecule has 0 amide bonds. The average Bonchev–Trinajstić information content (AvgIpc) is 2.13. The minimum atomic E-state index is -1.03. The number of nitrogens with zero attached hydrogens (tertiary/aromatic N) is 2. The molecule has 1 aromatic heterocycles. The van der Waals surface area contributed by atoms with Gasteiger partial charge in [-0.25, -0.2) is 9.78 Å². The fourth-order valence-corrected chi connectivity index (χ4v) is 1.75. The van der Waals surface area contributed by atoms with E-state index in [4.69, 9.17) is 22.4 Å². The third kappa shape index (κ3) is 3.35. The van der Waals surface area contributed by atoms with Crippen molar-refractivity contribution in [2.24, 2.45) is 5.73 Å². The van der Waals surface area contributed by atoms with Crippen molar-refractivity contribution in [3.63, 3.8) is 0 Å². The van der Waals surface area contributed by atoms with Crippen LogP contribution in [0, 0.1) is 0 Å². The lowest BCUT2D eigenvalue weighted by Gasteiger charge is -2.38. The minimum Gasteiger partial charge on any atom is -0.478 e. The van der Waals surface area contributed by atoms with Crippen LogP contribution in [0.3, 0.4) is 0 Å². The van der Waals surface area contributed by atoms with Crippen molar-refractivity contribution >= 4 is 48.2 Å². The second-order valence-corrected chi connectivity index (χ2v) is 3.91. The highest BCUT2D eigenvalue weighted by Gasteiger charge is 2.26. The topological polar surface area (TPSA) is 79.5 Å². The van der Waals surface area contributed by atoms with Gasteiger partial charge in [0.05, 0.1) is 10.6 Å². The highest BCUT2D eigenvalue weighted by Crippen LogP contribution is 2.27. The van der Waals surface area contributed by atoms with E-state index >= 15 is 0 Å². The van der Waals surface area contributed by atoms with Crippen LogP contribution in [0.5, 0.6) is 0 Å². The molecule has 0 unspecified atom stereocenters. The zero-order valence-electron chi connectivity index (χ0n) is 8.67. The van der Waals surface area contributed by atoms with Gasteiger partial charge in [0, 0.05) is 25.3 Å². The lowest BCUT2D eigenvalue weighted by atomic mass is 10.1.